The van der Waals surface area contributed by atoms with Crippen LogP contribution in [0.3, 0.4) is 0 Å². The maximum atomic E-state index is 13.2. The Balaban J connectivity index is 1.73. The fraction of sp³-hybridized carbons (Fsp3) is 0.455. The second-order valence-corrected chi connectivity index (χ2v) is 7.88. The van der Waals surface area contributed by atoms with E-state index in [0.717, 1.165) is 18.5 Å². The molecule has 6 nitrogen and oxygen atoms in total. The quantitative estimate of drug-likeness (QED) is 0.557. The molecule has 156 valence electrons. The summed E-state index contributed by atoms with van der Waals surface area (Å²) in [5.74, 6) is -0.215. The van der Waals surface area contributed by atoms with Gasteiger partial charge in [-0.25, -0.2) is 0 Å². The zero-order chi connectivity index (χ0) is 20.8. The Morgan fingerprint density at radius 2 is 2.03 bits per heavy atom. The number of amides is 2. The van der Waals surface area contributed by atoms with E-state index in [0.29, 0.717) is 36.7 Å². The number of aromatic nitrogens is 1. The molecule has 29 heavy (non-hydrogen) atoms. The van der Waals surface area contributed by atoms with E-state index in [-0.39, 0.29) is 24.4 Å². The summed E-state index contributed by atoms with van der Waals surface area (Å²) in [7, 11) is 3.60. The molecule has 0 N–H and O–H groups in total. The first-order valence-electron chi connectivity index (χ1n) is 9.93. The van der Waals surface area contributed by atoms with Gasteiger partial charge in [0.05, 0.1) is 6.54 Å². The highest BCUT2D eigenvalue weighted by molar-refractivity contribution is 6.31. The van der Waals surface area contributed by atoms with Gasteiger partial charge in [-0.3, -0.25) is 9.59 Å². The van der Waals surface area contributed by atoms with Gasteiger partial charge in [0.25, 0.3) is 5.91 Å². The number of nitrogens with zero attached hydrogens (tertiary/aromatic N) is 3. The first kappa shape index (κ1) is 21.4. The van der Waals surface area contributed by atoms with Crippen LogP contribution in [0.1, 0.15) is 35.3 Å². The topological polar surface area (TPSA) is 54.8 Å². The number of benzene rings is 1. The van der Waals surface area contributed by atoms with Crippen molar-refractivity contribution in [2.75, 3.05) is 26.8 Å². The molecular weight excluding hydrogens is 390 g/mol. The number of ether oxygens (including phenoxy) is 1. The van der Waals surface area contributed by atoms with Crippen molar-refractivity contribution >= 4 is 23.4 Å². The average molecular weight is 418 g/mol. The number of methoxy groups -OCH3 is 1. The lowest BCUT2D eigenvalue weighted by Crippen LogP contribution is -2.44. The summed E-state index contributed by atoms with van der Waals surface area (Å²) in [6.45, 7) is 1.59. The van der Waals surface area contributed by atoms with Crippen LogP contribution in [0, 0.1) is 0 Å². The van der Waals surface area contributed by atoms with Crippen LogP contribution in [-0.4, -0.2) is 59.0 Å². The average Bonchev–Trinajstić information content (AvgIpc) is 3.46. The van der Waals surface area contributed by atoms with Gasteiger partial charge in [0.2, 0.25) is 5.91 Å². The van der Waals surface area contributed by atoms with Crippen LogP contribution < -0.4 is 0 Å². The van der Waals surface area contributed by atoms with Gasteiger partial charge in [-0.1, -0.05) is 17.7 Å². The predicted octanol–water partition coefficient (Wildman–Crippen LogP) is 3.35. The zero-order valence-electron chi connectivity index (χ0n) is 17.0. The van der Waals surface area contributed by atoms with Crippen molar-refractivity contribution in [1.82, 2.24) is 14.4 Å². The van der Waals surface area contributed by atoms with Crippen molar-refractivity contribution in [2.45, 2.75) is 31.8 Å². The molecule has 1 aliphatic carbocycles. The second-order valence-electron chi connectivity index (χ2n) is 7.45. The van der Waals surface area contributed by atoms with Crippen molar-refractivity contribution in [3.8, 4) is 0 Å². The Morgan fingerprint density at radius 3 is 2.66 bits per heavy atom. The third kappa shape index (κ3) is 5.84. The van der Waals surface area contributed by atoms with Gasteiger partial charge < -0.3 is 19.1 Å². The number of hydrogen-bond acceptors (Lipinski definition) is 3. The summed E-state index contributed by atoms with van der Waals surface area (Å²) in [6, 6.07) is 11.1. The van der Waals surface area contributed by atoms with E-state index in [9.17, 15) is 9.59 Å². The van der Waals surface area contributed by atoms with E-state index >= 15 is 0 Å². The molecule has 1 aliphatic rings. The number of aryl methyl sites for hydroxylation is 1. The number of carbonyl (C=O) groups is 2. The summed E-state index contributed by atoms with van der Waals surface area (Å²) >= 11 is 6.05. The van der Waals surface area contributed by atoms with Gasteiger partial charge >= 0.3 is 0 Å². The van der Waals surface area contributed by atoms with Crippen LogP contribution in [-0.2, 0) is 23.1 Å². The largest absolute Gasteiger partial charge is 0.385 e. The summed E-state index contributed by atoms with van der Waals surface area (Å²) in [5, 5.41) is 0.502. The number of hydrogen-bond donors (Lipinski definition) is 0. The first-order valence-corrected chi connectivity index (χ1v) is 10.3. The summed E-state index contributed by atoms with van der Waals surface area (Å²) in [4.78, 5) is 29.7. The molecule has 2 amide bonds. The Kier molecular flexibility index (Phi) is 7.34. The lowest BCUT2D eigenvalue weighted by molar-refractivity contribution is -0.133. The van der Waals surface area contributed by atoms with Crippen LogP contribution in [0.2, 0.25) is 5.02 Å². The van der Waals surface area contributed by atoms with E-state index in [1.807, 2.05) is 34.8 Å². The molecule has 7 heteroatoms. The molecule has 1 fully saturated rings. The molecule has 0 bridgehead atoms. The summed E-state index contributed by atoms with van der Waals surface area (Å²) in [5.41, 5.74) is 1.57. The Labute approximate surface area is 177 Å². The Bertz CT molecular complexity index is 847. The fourth-order valence-corrected chi connectivity index (χ4v) is 3.54. The maximum absolute atomic E-state index is 13.2. The minimum absolute atomic E-state index is 0.0264. The Hall–Kier alpha value is -2.31. The number of halogens is 1. The number of rotatable bonds is 10. The van der Waals surface area contributed by atoms with Crippen LogP contribution in [0.4, 0.5) is 0 Å². The zero-order valence-corrected chi connectivity index (χ0v) is 17.8. The smallest absolute Gasteiger partial charge is 0.254 e. The molecule has 0 unspecified atom stereocenters. The SMILES string of the molecule is COCCCN(CC(=O)N(Cc1cccn1C)C1CC1)C(=O)c1cccc(Cl)c1. The van der Waals surface area contributed by atoms with E-state index in [1.165, 1.54) is 0 Å². The van der Waals surface area contributed by atoms with Gasteiger partial charge in [-0.15, -0.1) is 0 Å². The molecule has 1 saturated carbocycles. The molecule has 1 heterocycles. The summed E-state index contributed by atoms with van der Waals surface area (Å²) in [6.07, 6.45) is 4.67. The maximum Gasteiger partial charge on any atom is 0.254 e. The van der Waals surface area contributed by atoms with Gasteiger partial charge in [-0.2, -0.15) is 0 Å². The van der Waals surface area contributed by atoms with Gasteiger partial charge in [0.1, 0.15) is 6.54 Å². The van der Waals surface area contributed by atoms with E-state index in [2.05, 4.69) is 0 Å². The lowest BCUT2D eigenvalue weighted by atomic mass is 10.2. The highest BCUT2D eigenvalue weighted by atomic mass is 35.5. The molecule has 1 aromatic carbocycles. The molecule has 0 saturated heterocycles. The van der Waals surface area contributed by atoms with Crippen molar-refractivity contribution in [1.29, 1.82) is 0 Å². The van der Waals surface area contributed by atoms with Gasteiger partial charge in [0, 0.05) is 55.8 Å². The highest BCUT2D eigenvalue weighted by Gasteiger charge is 2.34. The molecule has 0 radical (unpaired) electrons. The van der Waals surface area contributed by atoms with Crippen LogP contribution in [0.15, 0.2) is 42.6 Å². The van der Waals surface area contributed by atoms with Crippen molar-refractivity contribution in [3.63, 3.8) is 0 Å². The van der Waals surface area contributed by atoms with E-state index < -0.39 is 0 Å². The second kappa shape index (κ2) is 9.94. The number of carbonyl (C=O) groups excluding carboxylic acids is 2. The molecule has 0 aliphatic heterocycles. The molecule has 3 rings (SSSR count). The van der Waals surface area contributed by atoms with Gasteiger partial charge in [0.15, 0.2) is 0 Å². The van der Waals surface area contributed by atoms with Crippen molar-refractivity contribution in [2.24, 2.45) is 7.05 Å². The Morgan fingerprint density at radius 1 is 1.24 bits per heavy atom. The molecule has 2 aromatic rings. The normalized spacial score (nSPS) is 13.3. The summed E-state index contributed by atoms with van der Waals surface area (Å²) < 4.78 is 7.15. The highest BCUT2D eigenvalue weighted by Crippen LogP contribution is 2.28. The van der Waals surface area contributed by atoms with Crippen LogP contribution >= 0.6 is 11.6 Å². The molecular formula is C22H28ClN3O3. The third-order valence-corrected chi connectivity index (χ3v) is 5.39. The van der Waals surface area contributed by atoms with Crippen molar-refractivity contribution < 1.29 is 14.3 Å². The van der Waals surface area contributed by atoms with E-state index in [4.69, 9.17) is 16.3 Å². The predicted molar refractivity (Wildman–Crippen MR) is 113 cm³/mol. The van der Waals surface area contributed by atoms with E-state index in [1.54, 1.807) is 36.3 Å². The standard InChI is InChI=1S/C22H28ClN3O3/c1-24-11-4-8-20(24)15-26(19-9-10-19)21(27)16-25(12-5-13-29-2)22(28)17-6-3-7-18(23)14-17/h3-4,6-8,11,14,19H,5,9-10,12-13,15-16H2,1-2H3. The third-order valence-electron chi connectivity index (χ3n) is 5.15. The fourth-order valence-electron chi connectivity index (χ4n) is 3.35. The van der Waals surface area contributed by atoms with Crippen molar-refractivity contribution in [3.05, 3.63) is 58.9 Å². The monoisotopic (exact) mass is 417 g/mol. The minimum Gasteiger partial charge on any atom is -0.385 e. The van der Waals surface area contributed by atoms with Crippen LogP contribution in [0.5, 0.6) is 0 Å². The van der Waals surface area contributed by atoms with Gasteiger partial charge in [-0.05, 0) is 49.6 Å². The molecule has 1 aromatic heterocycles. The lowest BCUT2D eigenvalue weighted by Gasteiger charge is -2.28. The molecule has 0 atom stereocenters. The van der Waals surface area contributed by atoms with Crippen LogP contribution in [0.25, 0.3) is 0 Å². The molecule has 0 spiro atoms. The first-order chi connectivity index (χ1) is 14.0. The minimum atomic E-state index is -0.188.